The second-order valence-electron chi connectivity index (χ2n) is 6.06. The minimum Gasteiger partial charge on any atom is -0.349 e. The molecule has 13 nitrogen and oxygen atoms in total. The third-order valence-electron chi connectivity index (χ3n) is 3.89. The molecule has 0 aromatic carbocycles. The van der Waals surface area contributed by atoms with Crippen molar-refractivity contribution in [2.75, 3.05) is 19.8 Å². The Labute approximate surface area is 165 Å². The third-order valence-corrected chi connectivity index (χ3v) is 6.07. The molecule has 15 heteroatoms. The second-order valence-corrected chi connectivity index (χ2v) is 8.92. The second kappa shape index (κ2) is 9.78. The fourth-order valence-corrected chi connectivity index (χ4v) is 4.35. The molecule has 2 unspecified atom stereocenters. The van der Waals surface area contributed by atoms with Crippen molar-refractivity contribution >= 4 is 15.6 Å². The van der Waals surface area contributed by atoms with Gasteiger partial charge in [0.2, 0.25) is 0 Å². The van der Waals surface area contributed by atoms with Gasteiger partial charge in [-0.05, 0) is 20.8 Å². The molecule has 0 saturated carbocycles. The molecule has 166 valence electrons. The Kier molecular flexibility index (Phi) is 8.14. The summed E-state index contributed by atoms with van der Waals surface area (Å²) in [5, 5.41) is 0. The van der Waals surface area contributed by atoms with Crippen LogP contribution in [0.25, 0.3) is 0 Å². The number of phosphoric acid groups is 2. The lowest BCUT2D eigenvalue weighted by Gasteiger charge is -2.21. The van der Waals surface area contributed by atoms with Crippen LogP contribution in [0.1, 0.15) is 32.1 Å². The lowest BCUT2D eigenvalue weighted by molar-refractivity contribution is -0.0466. The number of nitrogens with one attached hydrogen (secondary N) is 1. The monoisotopic (exact) mass is 458 g/mol. The van der Waals surface area contributed by atoms with Gasteiger partial charge in [-0.15, -0.1) is 0 Å². The quantitative estimate of drug-likeness (QED) is 0.423. The molecule has 0 aliphatic carbocycles. The smallest absolute Gasteiger partial charge is 0.349 e. The van der Waals surface area contributed by atoms with Gasteiger partial charge >= 0.3 is 21.3 Å². The van der Waals surface area contributed by atoms with E-state index in [2.05, 4.69) is 14.0 Å². The van der Waals surface area contributed by atoms with Gasteiger partial charge in [-0.25, -0.2) is 13.9 Å². The van der Waals surface area contributed by atoms with E-state index in [9.17, 15) is 28.5 Å². The Morgan fingerprint density at radius 2 is 1.79 bits per heavy atom. The van der Waals surface area contributed by atoms with Crippen molar-refractivity contribution in [3.8, 4) is 0 Å². The molecule has 1 aliphatic rings. The van der Waals surface area contributed by atoms with Crippen LogP contribution in [0.5, 0.6) is 0 Å². The van der Waals surface area contributed by atoms with Gasteiger partial charge in [-0.3, -0.25) is 32.4 Å². The molecule has 1 aromatic rings. The van der Waals surface area contributed by atoms with Crippen LogP contribution in [-0.2, 0) is 32.0 Å². The summed E-state index contributed by atoms with van der Waals surface area (Å²) in [5.74, 6) is 0. The molecule has 1 saturated heterocycles. The normalized spacial score (nSPS) is 26.2. The SMILES string of the molecule is CCOP(=O)(O)OC[C@H]1O[C@@H](n2cc(C)c(=O)[nH]c2=O)C[C@@H]1OP(=O)(O)OCC. The van der Waals surface area contributed by atoms with Crippen LogP contribution in [0, 0.1) is 6.92 Å². The summed E-state index contributed by atoms with van der Waals surface area (Å²) < 4.78 is 49.7. The Balaban J connectivity index is 2.25. The lowest BCUT2D eigenvalue weighted by atomic mass is 10.2. The molecule has 0 spiro atoms. The molecule has 0 radical (unpaired) electrons. The molecule has 1 aliphatic heterocycles. The Bertz CT molecular complexity index is 914. The van der Waals surface area contributed by atoms with Crippen LogP contribution in [-0.4, -0.2) is 51.4 Å². The zero-order valence-electron chi connectivity index (χ0n) is 16.0. The van der Waals surface area contributed by atoms with Gasteiger partial charge in [-0.1, -0.05) is 0 Å². The fourth-order valence-electron chi connectivity index (χ4n) is 2.66. The number of H-pyrrole nitrogens is 1. The lowest BCUT2D eigenvalue weighted by Crippen LogP contribution is -2.33. The highest BCUT2D eigenvalue weighted by Crippen LogP contribution is 2.49. The summed E-state index contributed by atoms with van der Waals surface area (Å²) in [7, 11) is -8.81. The van der Waals surface area contributed by atoms with E-state index in [1.807, 2.05) is 0 Å². The van der Waals surface area contributed by atoms with E-state index in [0.717, 1.165) is 4.57 Å². The topological polar surface area (TPSA) is 176 Å². The number of ether oxygens (including phenoxy) is 1. The van der Waals surface area contributed by atoms with Crippen LogP contribution in [0.15, 0.2) is 15.8 Å². The van der Waals surface area contributed by atoms with Gasteiger partial charge in [0.05, 0.1) is 19.8 Å². The average molecular weight is 458 g/mol. The van der Waals surface area contributed by atoms with E-state index in [1.165, 1.54) is 27.0 Å². The molecule has 1 fully saturated rings. The van der Waals surface area contributed by atoms with E-state index < -0.39 is 51.9 Å². The number of hydrogen-bond donors (Lipinski definition) is 3. The minimum atomic E-state index is -4.45. The third kappa shape index (κ3) is 6.68. The molecule has 3 N–H and O–H groups in total. The van der Waals surface area contributed by atoms with Crippen molar-refractivity contribution in [2.45, 2.75) is 45.6 Å². The maximum absolute atomic E-state index is 12.1. The van der Waals surface area contributed by atoms with Gasteiger partial charge in [-0.2, -0.15) is 0 Å². The van der Waals surface area contributed by atoms with Crippen LogP contribution in [0.4, 0.5) is 0 Å². The predicted molar refractivity (Wildman–Crippen MR) is 98.3 cm³/mol. The number of aromatic amines is 1. The van der Waals surface area contributed by atoms with E-state index in [4.69, 9.17) is 13.8 Å². The first-order chi connectivity index (χ1) is 13.5. The summed E-state index contributed by atoms with van der Waals surface area (Å²) in [6, 6.07) is 0. The van der Waals surface area contributed by atoms with Gasteiger partial charge < -0.3 is 14.5 Å². The number of aromatic nitrogens is 2. The molecule has 1 aromatic heterocycles. The van der Waals surface area contributed by atoms with Crippen molar-refractivity contribution in [3.05, 3.63) is 32.6 Å². The molecule has 0 bridgehead atoms. The fraction of sp³-hybridized carbons (Fsp3) is 0.714. The van der Waals surface area contributed by atoms with E-state index >= 15 is 0 Å². The van der Waals surface area contributed by atoms with Gasteiger partial charge in [0, 0.05) is 18.2 Å². The van der Waals surface area contributed by atoms with Crippen LogP contribution in [0.2, 0.25) is 0 Å². The summed E-state index contributed by atoms with van der Waals surface area (Å²) in [4.78, 5) is 45.1. The molecule has 5 atom stereocenters. The maximum atomic E-state index is 12.1. The van der Waals surface area contributed by atoms with E-state index in [1.54, 1.807) is 0 Å². The van der Waals surface area contributed by atoms with Crippen LogP contribution >= 0.6 is 15.6 Å². The Morgan fingerprint density at radius 3 is 2.41 bits per heavy atom. The molecular weight excluding hydrogens is 434 g/mol. The number of hydrogen-bond acceptors (Lipinski definition) is 9. The Hall–Kier alpha value is -1.14. The molecule has 2 heterocycles. The maximum Gasteiger partial charge on any atom is 0.472 e. The van der Waals surface area contributed by atoms with Crippen molar-refractivity contribution in [1.29, 1.82) is 0 Å². The van der Waals surface area contributed by atoms with Crippen molar-refractivity contribution in [3.63, 3.8) is 0 Å². The van der Waals surface area contributed by atoms with Crippen LogP contribution in [0.3, 0.4) is 0 Å². The van der Waals surface area contributed by atoms with Crippen molar-refractivity contribution in [2.24, 2.45) is 0 Å². The molecular formula is C14H24N2O11P2. The standard InChI is InChI=1S/C14H24N2O11P2/c1-4-23-28(19,20)25-8-11-10(27-29(21,22)24-5-2)6-12(26-11)16-7-9(3)13(17)15-14(16)18/h7,10-12H,4-6,8H2,1-3H3,(H,19,20)(H,21,22)(H,15,17,18)/t10-,11+,12+/m0/s1. The average Bonchev–Trinajstić information content (AvgIpc) is 2.98. The van der Waals surface area contributed by atoms with Crippen molar-refractivity contribution in [1.82, 2.24) is 9.55 Å². The highest BCUT2D eigenvalue weighted by Gasteiger charge is 2.43. The Morgan fingerprint density at radius 1 is 1.17 bits per heavy atom. The zero-order valence-corrected chi connectivity index (χ0v) is 17.8. The number of phosphoric ester groups is 2. The predicted octanol–water partition coefficient (Wildman–Crippen LogP) is 0.808. The van der Waals surface area contributed by atoms with Gasteiger partial charge in [0.1, 0.15) is 18.4 Å². The van der Waals surface area contributed by atoms with E-state index in [-0.39, 0.29) is 25.2 Å². The molecule has 29 heavy (non-hydrogen) atoms. The minimum absolute atomic E-state index is 0.0793. The molecule has 0 amide bonds. The summed E-state index contributed by atoms with van der Waals surface area (Å²) in [5.41, 5.74) is -1.08. The van der Waals surface area contributed by atoms with Gasteiger partial charge in [0.15, 0.2) is 0 Å². The van der Waals surface area contributed by atoms with Gasteiger partial charge in [0.25, 0.3) is 5.56 Å². The first-order valence-corrected chi connectivity index (χ1v) is 11.7. The van der Waals surface area contributed by atoms with Crippen molar-refractivity contribution < 1.29 is 41.7 Å². The summed E-state index contributed by atoms with van der Waals surface area (Å²) in [6.45, 7) is 3.77. The summed E-state index contributed by atoms with van der Waals surface area (Å²) in [6.07, 6.45) is -2.06. The summed E-state index contributed by atoms with van der Waals surface area (Å²) >= 11 is 0. The highest BCUT2D eigenvalue weighted by atomic mass is 31.2. The molecule has 2 rings (SSSR count). The number of aryl methyl sites for hydroxylation is 1. The first kappa shape index (κ1) is 24.1. The highest BCUT2D eigenvalue weighted by molar-refractivity contribution is 7.47. The largest absolute Gasteiger partial charge is 0.472 e. The van der Waals surface area contributed by atoms with Crippen LogP contribution < -0.4 is 11.2 Å². The van der Waals surface area contributed by atoms with E-state index in [0.29, 0.717) is 0 Å². The first-order valence-electron chi connectivity index (χ1n) is 8.73. The zero-order chi connectivity index (χ0) is 21.8. The number of nitrogens with zero attached hydrogens (tertiary/aromatic N) is 1. The number of rotatable bonds is 10.